The van der Waals surface area contributed by atoms with E-state index in [2.05, 4.69) is 45.5 Å². The summed E-state index contributed by atoms with van der Waals surface area (Å²) < 4.78 is 0. The number of fused-ring (bicyclic) bond motifs is 1. The number of carbonyl (C=O) groups excluding carboxylic acids is 1. The van der Waals surface area contributed by atoms with Gasteiger partial charge in [0.15, 0.2) is 0 Å². The number of rotatable bonds is 4. The third-order valence-corrected chi connectivity index (χ3v) is 5.96. The molecule has 0 aliphatic carbocycles. The third kappa shape index (κ3) is 3.75. The van der Waals surface area contributed by atoms with Crippen LogP contribution in [0.4, 0.5) is 11.5 Å². The van der Waals surface area contributed by atoms with Gasteiger partial charge in [0, 0.05) is 50.0 Å². The number of anilines is 2. The minimum Gasteiger partial charge on any atom is -0.367 e. The van der Waals surface area contributed by atoms with Gasteiger partial charge in [-0.1, -0.05) is 42.5 Å². The van der Waals surface area contributed by atoms with Crippen LogP contribution in [0.25, 0.3) is 11.1 Å². The van der Waals surface area contributed by atoms with Crippen LogP contribution in [0, 0.1) is 0 Å². The van der Waals surface area contributed by atoms with Gasteiger partial charge in [-0.2, -0.15) is 0 Å². The largest absolute Gasteiger partial charge is 0.367 e. The van der Waals surface area contributed by atoms with Crippen molar-refractivity contribution < 1.29 is 4.79 Å². The molecule has 5 heteroatoms. The van der Waals surface area contributed by atoms with Crippen LogP contribution in [0.3, 0.4) is 0 Å². The van der Waals surface area contributed by atoms with Gasteiger partial charge >= 0.3 is 0 Å². The smallest absolute Gasteiger partial charge is 0.253 e. The average molecular weight is 399 g/mol. The van der Waals surface area contributed by atoms with Crippen LogP contribution in [0.5, 0.6) is 0 Å². The molecule has 0 radical (unpaired) electrons. The molecule has 1 aromatic heterocycles. The Morgan fingerprint density at radius 3 is 2.47 bits per heavy atom. The highest BCUT2D eigenvalue weighted by Gasteiger charge is 2.21. The van der Waals surface area contributed by atoms with Crippen LogP contribution < -0.4 is 10.2 Å². The van der Waals surface area contributed by atoms with Crippen LogP contribution >= 0.6 is 0 Å². The summed E-state index contributed by atoms with van der Waals surface area (Å²) in [4.78, 5) is 21.6. The number of carbonyl (C=O) groups is 1. The highest BCUT2D eigenvalue weighted by molar-refractivity contribution is 5.95. The Morgan fingerprint density at radius 2 is 1.70 bits per heavy atom. The van der Waals surface area contributed by atoms with E-state index in [4.69, 9.17) is 0 Å². The number of nitrogens with zero attached hydrogens (tertiary/aromatic N) is 3. The minimum atomic E-state index is 0.140. The van der Waals surface area contributed by atoms with E-state index < -0.39 is 0 Å². The monoisotopic (exact) mass is 398 g/mol. The van der Waals surface area contributed by atoms with E-state index in [-0.39, 0.29) is 5.91 Å². The summed E-state index contributed by atoms with van der Waals surface area (Å²) in [5.74, 6) is 1.07. The molecule has 1 fully saturated rings. The van der Waals surface area contributed by atoms with E-state index in [1.807, 2.05) is 41.4 Å². The first kappa shape index (κ1) is 18.7. The van der Waals surface area contributed by atoms with E-state index in [9.17, 15) is 4.79 Å². The number of amides is 1. The van der Waals surface area contributed by atoms with Crippen LogP contribution in [-0.2, 0) is 6.54 Å². The van der Waals surface area contributed by atoms with Crippen LogP contribution in [0.15, 0.2) is 66.9 Å². The Balaban J connectivity index is 1.39. The number of likely N-dealkylation sites (tertiary alicyclic amines) is 1. The highest BCUT2D eigenvalue weighted by atomic mass is 16.2. The van der Waals surface area contributed by atoms with E-state index in [0.29, 0.717) is 0 Å². The maximum absolute atomic E-state index is 12.6. The molecule has 3 aromatic rings. The molecule has 0 atom stereocenters. The van der Waals surface area contributed by atoms with Gasteiger partial charge in [0.25, 0.3) is 5.91 Å². The quantitative estimate of drug-likeness (QED) is 0.707. The van der Waals surface area contributed by atoms with Crippen molar-refractivity contribution >= 4 is 17.4 Å². The maximum atomic E-state index is 12.6. The number of pyridine rings is 1. The molecule has 1 N–H and O–H groups in total. The molecule has 2 aromatic carbocycles. The molecule has 0 spiro atoms. The fourth-order valence-electron chi connectivity index (χ4n) is 4.29. The van der Waals surface area contributed by atoms with Gasteiger partial charge in [0.2, 0.25) is 0 Å². The van der Waals surface area contributed by atoms with Crippen LogP contribution in [-0.4, -0.2) is 42.0 Å². The summed E-state index contributed by atoms with van der Waals surface area (Å²) >= 11 is 0. The normalized spacial score (nSPS) is 15.6. The molecule has 2 aliphatic rings. The summed E-state index contributed by atoms with van der Waals surface area (Å²) in [5.41, 5.74) is 5.32. The summed E-state index contributed by atoms with van der Waals surface area (Å²) in [6, 6.07) is 20.7. The summed E-state index contributed by atoms with van der Waals surface area (Å²) in [6.07, 6.45) is 4.13. The van der Waals surface area contributed by atoms with Crippen molar-refractivity contribution in [3.63, 3.8) is 0 Å². The Morgan fingerprint density at radius 1 is 0.933 bits per heavy atom. The zero-order chi connectivity index (χ0) is 20.3. The molecule has 3 heterocycles. The lowest BCUT2D eigenvalue weighted by Gasteiger charge is -2.31. The van der Waals surface area contributed by atoms with Crippen molar-refractivity contribution in [2.75, 3.05) is 36.4 Å². The molecule has 5 nitrogen and oxygen atoms in total. The zero-order valence-corrected chi connectivity index (χ0v) is 17.1. The minimum absolute atomic E-state index is 0.140. The first-order valence-corrected chi connectivity index (χ1v) is 10.7. The number of hydrogen-bond acceptors (Lipinski definition) is 4. The van der Waals surface area contributed by atoms with Crippen molar-refractivity contribution in [3.8, 4) is 11.1 Å². The molecule has 152 valence electrons. The fraction of sp³-hybridized carbons (Fsp3) is 0.280. The molecule has 30 heavy (non-hydrogen) atoms. The molecular weight excluding hydrogens is 372 g/mol. The van der Waals surface area contributed by atoms with Crippen molar-refractivity contribution in [2.45, 2.75) is 19.4 Å². The number of aromatic nitrogens is 1. The standard InChI is InChI=1S/C25H26N4O/c30-25(28-13-4-5-14-28)21-10-8-20(9-11-21)22-16-23-24(27-17-22)26-12-15-29(23)18-19-6-2-1-3-7-19/h1-3,6-11,16-17H,4-5,12-15,18H2,(H,26,27). The van der Waals surface area contributed by atoms with Gasteiger partial charge < -0.3 is 15.1 Å². The summed E-state index contributed by atoms with van der Waals surface area (Å²) in [7, 11) is 0. The number of hydrogen-bond donors (Lipinski definition) is 1. The Bertz CT molecular complexity index is 1030. The maximum Gasteiger partial charge on any atom is 0.253 e. The topological polar surface area (TPSA) is 48.5 Å². The van der Waals surface area contributed by atoms with E-state index in [1.165, 1.54) is 5.56 Å². The predicted molar refractivity (Wildman–Crippen MR) is 121 cm³/mol. The number of benzene rings is 2. The predicted octanol–water partition coefficient (Wildman–Crippen LogP) is 4.42. The van der Waals surface area contributed by atoms with E-state index in [0.717, 1.165) is 73.8 Å². The molecule has 0 unspecified atom stereocenters. The molecule has 1 saturated heterocycles. The molecule has 0 bridgehead atoms. The van der Waals surface area contributed by atoms with Crippen molar-refractivity contribution in [1.29, 1.82) is 0 Å². The van der Waals surface area contributed by atoms with E-state index >= 15 is 0 Å². The lowest BCUT2D eigenvalue weighted by molar-refractivity contribution is 0.0793. The Kier molecular flexibility index (Phi) is 5.10. The van der Waals surface area contributed by atoms with Gasteiger partial charge in [-0.3, -0.25) is 4.79 Å². The molecule has 5 rings (SSSR count). The van der Waals surface area contributed by atoms with Crippen LogP contribution in [0.1, 0.15) is 28.8 Å². The third-order valence-electron chi connectivity index (χ3n) is 5.96. The van der Waals surface area contributed by atoms with Gasteiger partial charge in [-0.25, -0.2) is 4.98 Å². The molecule has 1 amide bonds. The average Bonchev–Trinajstić information content (AvgIpc) is 3.34. The first-order valence-electron chi connectivity index (χ1n) is 10.7. The molecular formula is C25H26N4O. The first-order chi connectivity index (χ1) is 14.8. The molecule has 2 aliphatic heterocycles. The Hall–Kier alpha value is -3.34. The van der Waals surface area contributed by atoms with Crippen molar-refractivity contribution in [3.05, 3.63) is 78.0 Å². The second-order valence-electron chi connectivity index (χ2n) is 8.00. The highest BCUT2D eigenvalue weighted by Crippen LogP contribution is 2.33. The van der Waals surface area contributed by atoms with Gasteiger partial charge in [0.1, 0.15) is 5.82 Å². The Labute approximate surface area is 177 Å². The van der Waals surface area contributed by atoms with E-state index in [1.54, 1.807) is 0 Å². The SMILES string of the molecule is O=C(c1ccc(-c2cnc3c(c2)N(Cc2ccccc2)CCN3)cc1)N1CCCC1. The van der Waals surface area contributed by atoms with Gasteiger partial charge in [-0.15, -0.1) is 0 Å². The fourth-order valence-corrected chi connectivity index (χ4v) is 4.29. The van der Waals surface area contributed by atoms with Gasteiger partial charge in [-0.05, 0) is 42.2 Å². The van der Waals surface area contributed by atoms with Crippen molar-refractivity contribution in [1.82, 2.24) is 9.88 Å². The zero-order valence-electron chi connectivity index (χ0n) is 17.1. The second kappa shape index (κ2) is 8.19. The molecule has 0 saturated carbocycles. The lowest BCUT2D eigenvalue weighted by atomic mass is 10.0. The number of nitrogens with one attached hydrogen (secondary N) is 1. The summed E-state index contributed by atoms with van der Waals surface area (Å²) in [5, 5.41) is 3.41. The van der Waals surface area contributed by atoms with Crippen LogP contribution in [0.2, 0.25) is 0 Å². The summed E-state index contributed by atoms with van der Waals surface area (Å²) in [6.45, 7) is 4.44. The van der Waals surface area contributed by atoms with Crippen molar-refractivity contribution in [2.24, 2.45) is 0 Å². The van der Waals surface area contributed by atoms with Gasteiger partial charge in [0.05, 0.1) is 5.69 Å². The second-order valence-corrected chi connectivity index (χ2v) is 8.00. The lowest BCUT2D eigenvalue weighted by Crippen LogP contribution is -2.34.